The SMILES string of the molecule is CCC1CCCCC1OC(CI)c1cccc(OC)c1. The summed E-state index contributed by atoms with van der Waals surface area (Å²) >= 11 is 2.43. The van der Waals surface area contributed by atoms with E-state index in [4.69, 9.17) is 9.47 Å². The third-order valence-electron chi connectivity index (χ3n) is 4.31. The van der Waals surface area contributed by atoms with Crippen molar-refractivity contribution >= 4 is 22.6 Å². The third-order valence-corrected chi connectivity index (χ3v) is 5.11. The van der Waals surface area contributed by atoms with Gasteiger partial charge in [-0.05, 0) is 36.5 Å². The summed E-state index contributed by atoms with van der Waals surface area (Å²) in [7, 11) is 1.72. The molecule has 1 aliphatic carbocycles. The molecule has 0 bridgehead atoms. The molecule has 112 valence electrons. The fourth-order valence-electron chi connectivity index (χ4n) is 3.08. The minimum atomic E-state index is 0.183. The van der Waals surface area contributed by atoms with Crippen LogP contribution in [0.4, 0.5) is 0 Å². The highest BCUT2D eigenvalue weighted by Gasteiger charge is 2.27. The van der Waals surface area contributed by atoms with Crippen molar-refractivity contribution in [2.24, 2.45) is 5.92 Å². The molecule has 1 aromatic carbocycles. The van der Waals surface area contributed by atoms with Crippen molar-refractivity contribution in [3.05, 3.63) is 29.8 Å². The second-order valence-electron chi connectivity index (χ2n) is 5.55. The van der Waals surface area contributed by atoms with Gasteiger partial charge in [-0.1, -0.05) is 60.9 Å². The summed E-state index contributed by atoms with van der Waals surface area (Å²) in [6.07, 6.45) is 7.07. The number of methoxy groups -OCH3 is 1. The van der Waals surface area contributed by atoms with E-state index < -0.39 is 0 Å². The first-order valence-electron chi connectivity index (χ1n) is 7.63. The van der Waals surface area contributed by atoms with Crippen LogP contribution in [0.5, 0.6) is 5.75 Å². The molecule has 2 rings (SSSR count). The maximum atomic E-state index is 6.47. The summed E-state index contributed by atoms with van der Waals surface area (Å²) in [6.45, 7) is 2.29. The zero-order chi connectivity index (χ0) is 14.4. The van der Waals surface area contributed by atoms with Crippen molar-refractivity contribution in [2.45, 2.75) is 51.2 Å². The van der Waals surface area contributed by atoms with Crippen molar-refractivity contribution in [3.63, 3.8) is 0 Å². The lowest BCUT2D eigenvalue weighted by Gasteiger charge is -2.33. The van der Waals surface area contributed by atoms with Crippen LogP contribution in [0.1, 0.15) is 50.7 Å². The van der Waals surface area contributed by atoms with Crippen LogP contribution in [0.25, 0.3) is 0 Å². The topological polar surface area (TPSA) is 18.5 Å². The van der Waals surface area contributed by atoms with Crippen LogP contribution in [-0.2, 0) is 4.74 Å². The highest BCUT2D eigenvalue weighted by atomic mass is 127. The Morgan fingerprint density at radius 3 is 2.80 bits per heavy atom. The monoisotopic (exact) mass is 388 g/mol. The molecule has 1 saturated carbocycles. The molecule has 2 nitrogen and oxygen atoms in total. The Hall–Kier alpha value is -0.290. The number of alkyl halides is 1. The Morgan fingerprint density at radius 1 is 1.30 bits per heavy atom. The van der Waals surface area contributed by atoms with Crippen LogP contribution < -0.4 is 4.74 Å². The summed E-state index contributed by atoms with van der Waals surface area (Å²) in [5.41, 5.74) is 1.24. The van der Waals surface area contributed by atoms with Crippen LogP contribution in [0.15, 0.2) is 24.3 Å². The molecule has 0 heterocycles. The first kappa shape index (κ1) is 16.1. The van der Waals surface area contributed by atoms with E-state index >= 15 is 0 Å². The molecular weight excluding hydrogens is 363 g/mol. The molecule has 0 aliphatic heterocycles. The summed E-state index contributed by atoms with van der Waals surface area (Å²) in [4.78, 5) is 0. The van der Waals surface area contributed by atoms with Gasteiger partial charge in [-0.3, -0.25) is 0 Å². The van der Waals surface area contributed by atoms with E-state index in [1.807, 2.05) is 6.07 Å². The average molecular weight is 388 g/mol. The lowest BCUT2D eigenvalue weighted by Crippen LogP contribution is -2.29. The van der Waals surface area contributed by atoms with Gasteiger partial charge in [-0.25, -0.2) is 0 Å². The molecule has 0 amide bonds. The molecule has 0 N–H and O–H groups in total. The summed E-state index contributed by atoms with van der Waals surface area (Å²) in [5, 5.41) is 0. The van der Waals surface area contributed by atoms with Crippen molar-refractivity contribution in [3.8, 4) is 5.75 Å². The molecule has 0 spiro atoms. The van der Waals surface area contributed by atoms with Crippen LogP contribution in [0.3, 0.4) is 0 Å². The lowest BCUT2D eigenvalue weighted by molar-refractivity contribution is -0.0518. The highest BCUT2D eigenvalue weighted by Crippen LogP contribution is 2.34. The molecule has 0 aromatic heterocycles. The van der Waals surface area contributed by atoms with Crippen LogP contribution in [0, 0.1) is 5.92 Å². The van der Waals surface area contributed by atoms with Gasteiger partial charge >= 0.3 is 0 Å². The van der Waals surface area contributed by atoms with E-state index in [0.717, 1.165) is 16.1 Å². The van der Waals surface area contributed by atoms with Crippen LogP contribution in [0.2, 0.25) is 0 Å². The van der Waals surface area contributed by atoms with Crippen LogP contribution in [-0.4, -0.2) is 17.6 Å². The zero-order valence-electron chi connectivity index (χ0n) is 12.5. The number of hydrogen-bond donors (Lipinski definition) is 0. The van der Waals surface area contributed by atoms with Crippen molar-refractivity contribution in [2.75, 3.05) is 11.5 Å². The number of halogens is 1. The Bertz CT molecular complexity index is 408. The molecule has 20 heavy (non-hydrogen) atoms. The first-order chi connectivity index (χ1) is 9.78. The molecule has 1 fully saturated rings. The van der Waals surface area contributed by atoms with Gasteiger partial charge in [0.1, 0.15) is 5.75 Å². The minimum absolute atomic E-state index is 0.183. The molecular formula is C17H25IO2. The Labute approximate surface area is 136 Å². The van der Waals surface area contributed by atoms with Gasteiger partial charge in [0.25, 0.3) is 0 Å². The van der Waals surface area contributed by atoms with E-state index in [-0.39, 0.29) is 6.10 Å². The summed E-state index contributed by atoms with van der Waals surface area (Å²) < 4.78 is 12.8. The molecule has 1 aromatic rings. The fourth-order valence-corrected chi connectivity index (χ4v) is 3.79. The predicted molar refractivity (Wildman–Crippen MR) is 91.7 cm³/mol. The quantitative estimate of drug-likeness (QED) is 0.495. The van der Waals surface area contributed by atoms with Gasteiger partial charge in [0.15, 0.2) is 0 Å². The highest BCUT2D eigenvalue weighted by molar-refractivity contribution is 14.1. The molecule has 1 aliphatic rings. The standard InChI is InChI=1S/C17H25IO2/c1-3-13-7-4-5-10-16(13)20-17(12-18)14-8-6-9-15(11-14)19-2/h6,8-9,11,13,16-17H,3-5,7,10,12H2,1-2H3. The summed E-state index contributed by atoms with van der Waals surface area (Å²) in [5.74, 6) is 1.65. The van der Waals surface area contributed by atoms with Gasteiger partial charge in [0.05, 0.1) is 19.3 Å². The predicted octanol–water partition coefficient (Wildman–Crippen LogP) is 5.16. The van der Waals surface area contributed by atoms with Crippen molar-refractivity contribution < 1.29 is 9.47 Å². The Kier molecular flexibility index (Phi) is 6.62. The average Bonchev–Trinajstić information content (AvgIpc) is 2.53. The van der Waals surface area contributed by atoms with E-state index in [1.54, 1.807) is 7.11 Å². The number of hydrogen-bond acceptors (Lipinski definition) is 2. The van der Waals surface area contributed by atoms with Gasteiger partial charge in [0, 0.05) is 4.43 Å². The maximum absolute atomic E-state index is 6.47. The smallest absolute Gasteiger partial charge is 0.119 e. The maximum Gasteiger partial charge on any atom is 0.119 e. The number of ether oxygens (including phenoxy) is 2. The first-order valence-corrected chi connectivity index (χ1v) is 9.16. The van der Waals surface area contributed by atoms with Gasteiger partial charge in [0.2, 0.25) is 0 Å². The van der Waals surface area contributed by atoms with Gasteiger partial charge < -0.3 is 9.47 Å². The second-order valence-corrected chi connectivity index (χ2v) is 6.43. The largest absolute Gasteiger partial charge is 0.497 e. The summed E-state index contributed by atoms with van der Waals surface area (Å²) in [6, 6.07) is 8.29. The zero-order valence-corrected chi connectivity index (χ0v) is 14.6. The second kappa shape index (κ2) is 8.23. The van der Waals surface area contributed by atoms with E-state index in [9.17, 15) is 0 Å². The van der Waals surface area contributed by atoms with Crippen molar-refractivity contribution in [1.82, 2.24) is 0 Å². The van der Waals surface area contributed by atoms with Gasteiger partial charge in [-0.2, -0.15) is 0 Å². The Morgan fingerprint density at radius 2 is 2.10 bits per heavy atom. The fraction of sp³-hybridized carbons (Fsp3) is 0.647. The van der Waals surface area contributed by atoms with Crippen molar-refractivity contribution in [1.29, 1.82) is 0 Å². The Balaban J connectivity index is 2.07. The number of rotatable bonds is 6. The van der Waals surface area contributed by atoms with E-state index in [2.05, 4.69) is 47.7 Å². The molecule has 3 heteroatoms. The third kappa shape index (κ3) is 4.10. The molecule has 3 atom stereocenters. The normalized spacial score (nSPS) is 24.4. The van der Waals surface area contributed by atoms with Crippen LogP contribution >= 0.6 is 22.6 Å². The van der Waals surface area contributed by atoms with Gasteiger partial charge in [-0.15, -0.1) is 0 Å². The number of benzene rings is 1. The van der Waals surface area contributed by atoms with E-state index in [0.29, 0.717) is 6.10 Å². The molecule has 0 saturated heterocycles. The van der Waals surface area contributed by atoms with E-state index in [1.165, 1.54) is 37.7 Å². The lowest BCUT2D eigenvalue weighted by atomic mass is 9.84. The molecule has 3 unspecified atom stereocenters. The molecule has 0 radical (unpaired) electrons. The minimum Gasteiger partial charge on any atom is -0.497 e.